The van der Waals surface area contributed by atoms with Gasteiger partial charge in [-0.05, 0) is 57.8 Å². The van der Waals surface area contributed by atoms with Crippen LogP contribution in [-0.2, 0) is 37.5 Å². The summed E-state index contributed by atoms with van der Waals surface area (Å²) >= 11 is 0. The third kappa shape index (κ3) is 33.1. The first-order chi connectivity index (χ1) is 24.1. The summed E-state index contributed by atoms with van der Waals surface area (Å²) < 4.78 is 32.5. The first-order valence-corrected chi connectivity index (χ1v) is 20.9. The Bertz CT molecular complexity index is 958. The Morgan fingerprint density at radius 2 is 1.02 bits per heavy atom. The van der Waals surface area contributed by atoms with Gasteiger partial charge in [0.2, 0.25) is 0 Å². The number of phosphoric ester groups is 1. The predicted octanol–water partition coefficient (Wildman–Crippen LogP) is 9.50. The Hall–Kier alpha value is -2.04. The van der Waals surface area contributed by atoms with Crippen LogP contribution in [0, 0.1) is 0 Å². The fraction of sp³-hybridized carbons (Fsp3) is 0.816. The molecule has 0 amide bonds. The summed E-state index contributed by atoms with van der Waals surface area (Å²) in [5.41, 5.74) is 5.31. The number of allylic oxidation sites excluding steroid dienone is 4. The summed E-state index contributed by atoms with van der Waals surface area (Å²) in [6.45, 7) is 2.72. The van der Waals surface area contributed by atoms with Gasteiger partial charge in [-0.2, -0.15) is 0 Å². The van der Waals surface area contributed by atoms with Gasteiger partial charge in [-0.3, -0.25) is 23.4 Å². The van der Waals surface area contributed by atoms with Gasteiger partial charge in [-0.15, -0.1) is 0 Å². The van der Waals surface area contributed by atoms with Gasteiger partial charge in [0.25, 0.3) is 0 Å². The number of unbranched alkanes of at least 4 members (excludes halogenated alkanes) is 18. The quantitative estimate of drug-likeness (QED) is 0.0242. The molecule has 0 heterocycles. The number of rotatable bonds is 36. The number of carbonyl (C=O) groups excluding carboxylic acids is 2. The van der Waals surface area contributed by atoms with E-state index >= 15 is 0 Å². The molecule has 0 aliphatic heterocycles. The van der Waals surface area contributed by atoms with E-state index in [1.165, 1.54) is 51.4 Å². The Morgan fingerprint density at radius 1 is 0.600 bits per heavy atom. The van der Waals surface area contributed by atoms with E-state index in [-0.39, 0.29) is 19.4 Å². The summed E-state index contributed by atoms with van der Waals surface area (Å²) in [5, 5.41) is 8.85. The third-order valence-corrected chi connectivity index (χ3v) is 9.12. The highest BCUT2D eigenvalue weighted by Gasteiger charge is 2.28. The highest BCUT2D eigenvalue weighted by Crippen LogP contribution is 2.43. The molecule has 11 nitrogen and oxygen atoms in total. The van der Waals surface area contributed by atoms with E-state index in [4.69, 9.17) is 24.8 Å². The molecule has 0 fully saturated rings. The van der Waals surface area contributed by atoms with E-state index in [1.54, 1.807) is 0 Å². The van der Waals surface area contributed by atoms with Crippen LogP contribution in [0.15, 0.2) is 24.3 Å². The normalized spacial score (nSPS) is 14.2. The second kappa shape index (κ2) is 34.1. The van der Waals surface area contributed by atoms with Gasteiger partial charge in [0.1, 0.15) is 12.6 Å². The first-order valence-electron chi connectivity index (χ1n) is 19.4. The minimum absolute atomic E-state index is 0.150. The molecule has 4 N–H and O–H groups in total. The standard InChI is InChI=1S/C38H70NO10P/c1-3-5-7-9-11-13-15-16-17-18-20-21-23-25-27-29-36(40)46-31-34(32-47-50(44,45)48-33-35(39)38(42)43)49-37(41)30-28-26-24-22-19-14-12-10-8-6-4-2/h10,12,16-17,34-35H,3-9,11,13-15,18-33,39H2,1-2H3,(H,42,43)(H,44,45)/b12-10-,17-16-/t34-,35+/m1/s1. The smallest absolute Gasteiger partial charge is 0.472 e. The number of esters is 2. The summed E-state index contributed by atoms with van der Waals surface area (Å²) in [4.78, 5) is 45.7. The molecule has 12 heteroatoms. The highest BCUT2D eigenvalue weighted by atomic mass is 31.2. The molecule has 50 heavy (non-hydrogen) atoms. The molecular weight excluding hydrogens is 661 g/mol. The van der Waals surface area contributed by atoms with Gasteiger partial charge in [0.15, 0.2) is 6.10 Å². The summed E-state index contributed by atoms with van der Waals surface area (Å²) in [7, 11) is -4.71. The van der Waals surface area contributed by atoms with Crippen LogP contribution >= 0.6 is 7.82 Å². The van der Waals surface area contributed by atoms with Crippen molar-refractivity contribution >= 4 is 25.7 Å². The van der Waals surface area contributed by atoms with Gasteiger partial charge < -0.3 is 25.2 Å². The Labute approximate surface area is 302 Å². The SMILES string of the molecule is CCCC/C=C\CCCCCCCC(=O)O[C@H](COC(=O)CCCCCCC/C=C\CCCCCCCC)COP(=O)(O)OC[C@H](N)C(=O)O. The van der Waals surface area contributed by atoms with Crippen molar-refractivity contribution in [3.8, 4) is 0 Å². The number of hydrogen-bond donors (Lipinski definition) is 3. The molecule has 0 aromatic rings. The number of aliphatic carboxylic acids is 1. The largest absolute Gasteiger partial charge is 0.480 e. The number of hydrogen-bond acceptors (Lipinski definition) is 9. The lowest BCUT2D eigenvalue weighted by molar-refractivity contribution is -0.161. The second-order valence-electron chi connectivity index (χ2n) is 13.1. The highest BCUT2D eigenvalue weighted by molar-refractivity contribution is 7.47. The van der Waals surface area contributed by atoms with E-state index in [0.29, 0.717) is 12.8 Å². The van der Waals surface area contributed by atoms with E-state index in [2.05, 4.69) is 42.7 Å². The van der Waals surface area contributed by atoms with Crippen LogP contribution in [0.2, 0.25) is 0 Å². The number of carbonyl (C=O) groups is 3. The molecule has 0 spiro atoms. The molecule has 0 rings (SSSR count). The Balaban J connectivity index is 4.43. The molecule has 0 bridgehead atoms. The van der Waals surface area contributed by atoms with Crippen LogP contribution in [0.3, 0.4) is 0 Å². The molecule has 3 atom stereocenters. The van der Waals surface area contributed by atoms with Crippen molar-refractivity contribution < 1.29 is 47.5 Å². The summed E-state index contributed by atoms with van der Waals surface area (Å²) in [6, 6.07) is -1.52. The second-order valence-corrected chi connectivity index (χ2v) is 14.5. The van der Waals surface area contributed by atoms with Crippen LogP contribution in [0.5, 0.6) is 0 Å². The van der Waals surface area contributed by atoms with Gasteiger partial charge >= 0.3 is 25.7 Å². The van der Waals surface area contributed by atoms with Crippen molar-refractivity contribution in [2.45, 2.75) is 180 Å². The Morgan fingerprint density at radius 3 is 1.52 bits per heavy atom. The number of ether oxygens (including phenoxy) is 2. The van der Waals surface area contributed by atoms with Gasteiger partial charge in [-0.1, -0.05) is 122 Å². The van der Waals surface area contributed by atoms with Crippen molar-refractivity contribution in [2.24, 2.45) is 5.73 Å². The molecule has 1 unspecified atom stereocenters. The number of carboxylic acids is 1. The van der Waals surface area contributed by atoms with Crippen molar-refractivity contribution in [3.63, 3.8) is 0 Å². The van der Waals surface area contributed by atoms with E-state index in [0.717, 1.165) is 77.0 Å². The van der Waals surface area contributed by atoms with Crippen LogP contribution in [-0.4, -0.2) is 59.9 Å². The lowest BCUT2D eigenvalue weighted by Crippen LogP contribution is -2.34. The van der Waals surface area contributed by atoms with Crippen LogP contribution in [0.4, 0.5) is 0 Å². The van der Waals surface area contributed by atoms with Crippen LogP contribution in [0.1, 0.15) is 168 Å². The molecule has 0 aliphatic carbocycles. The van der Waals surface area contributed by atoms with Gasteiger partial charge in [0.05, 0.1) is 13.2 Å². The number of nitrogens with two attached hydrogens (primary N) is 1. The average molecular weight is 732 g/mol. The van der Waals surface area contributed by atoms with Crippen molar-refractivity contribution in [2.75, 3.05) is 19.8 Å². The molecule has 0 saturated heterocycles. The fourth-order valence-electron chi connectivity index (χ4n) is 5.04. The topological polar surface area (TPSA) is 172 Å². The molecule has 0 aromatic carbocycles. The fourth-order valence-corrected chi connectivity index (χ4v) is 5.82. The van der Waals surface area contributed by atoms with Crippen molar-refractivity contribution in [1.82, 2.24) is 0 Å². The zero-order valence-corrected chi connectivity index (χ0v) is 32.1. The predicted molar refractivity (Wildman–Crippen MR) is 199 cm³/mol. The van der Waals surface area contributed by atoms with E-state index < -0.39 is 51.1 Å². The van der Waals surface area contributed by atoms with Crippen LogP contribution in [0.25, 0.3) is 0 Å². The minimum Gasteiger partial charge on any atom is -0.480 e. The summed E-state index contributed by atoms with van der Waals surface area (Å²) in [6.07, 6.45) is 32.5. The molecule has 0 radical (unpaired) electrons. The van der Waals surface area contributed by atoms with Crippen molar-refractivity contribution in [3.05, 3.63) is 24.3 Å². The molecule has 0 saturated carbocycles. The zero-order chi connectivity index (χ0) is 37.1. The number of phosphoric acid groups is 1. The number of carboxylic acid groups (broad SMARTS) is 1. The first kappa shape index (κ1) is 48.0. The van der Waals surface area contributed by atoms with Crippen LogP contribution < -0.4 is 5.73 Å². The lowest BCUT2D eigenvalue weighted by Gasteiger charge is -2.20. The average Bonchev–Trinajstić information content (AvgIpc) is 3.09. The van der Waals surface area contributed by atoms with Gasteiger partial charge in [0, 0.05) is 12.8 Å². The molecular formula is C38H70NO10P. The maximum absolute atomic E-state index is 12.5. The minimum atomic E-state index is -4.71. The monoisotopic (exact) mass is 731 g/mol. The third-order valence-electron chi connectivity index (χ3n) is 8.17. The lowest BCUT2D eigenvalue weighted by atomic mass is 10.1. The maximum atomic E-state index is 12.5. The van der Waals surface area contributed by atoms with E-state index in [9.17, 15) is 23.8 Å². The zero-order valence-electron chi connectivity index (χ0n) is 31.2. The molecule has 292 valence electrons. The molecule has 0 aliphatic rings. The summed E-state index contributed by atoms with van der Waals surface area (Å²) in [5.74, 6) is -2.40. The van der Waals surface area contributed by atoms with Crippen molar-refractivity contribution in [1.29, 1.82) is 0 Å². The Kier molecular flexibility index (Phi) is 32.7. The molecule has 0 aromatic heterocycles. The van der Waals surface area contributed by atoms with E-state index in [1.807, 2.05) is 0 Å². The maximum Gasteiger partial charge on any atom is 0.472 e. The van der Waals surface area contributed by atoms with Gasteiger partial charge in [-0.25, -0.2) is 4.57 Å².